The maximum absolute atomic E-state index is 12.4. The molecule has 0 aliphatic carbocycles. The zero-order valence-corrected chi connectivity index (χ0v) is 42.3. The number of hydrogen-bond acceptors (Lipinski definition) is 0. The molecule has 2 aromatic rings. The van der Waals surface area contributed by atoms with Crippen molar-refractivity contribution in [3.8, 4) is 11.8 Å². The van der Waals surface area contributed by atoms with Gasteiger partial charge in [0.1, 0.15) is 0 Å². The number of unbranched alkanes of at least 4 members (excludes halogenated alkanes) is 22. The zero-order valence-electron chi connectivity index (χ0n) is 41.3. The minimum absolute atomic E-state index is 0.860. The molecule has 62 heavy (non-hydrogen) atoms. The monoisotopic (exact) mass is 889 g/mol. The van der Waals surface area contributed by atoms with Crippen LogP contribution in [0.5, 0.6) is 0 Å². The van der Waals surface area contributed by atoms with Crippen molar-refractivity contribution >= 4 is 11.4 Å². The van der Waals surface area contributed by atoms with Crippen molar-refractivity contribution in [1.29, 1.82) is 0 Å². The van der Waals surface area contributed by atoms with Crippen molar-refractivity contribution in [3.05, 3.63) is 99.6 Å². The predicted molar refractivity (Wildman–Crippen MR) is 272 cm³/mol. The van der Waals surface area contributed by atoms with Crippen molar-refractivity contribution in [2.24, 2.45) is 0 Å². The number of rotatable bonds is 35. The molecule has 2 nitrogen and oxygen atoms in total. The fraction of sp³-hybridized carbons (Fsp3) is 0.661. The molecule has 2 aromatic carbocycles. The Bertz CT molecular complexity index is 1600. The molecule has 0 amide bonds. The molecule has 0 N–H and O–H groups in total. The Balaban J connectivity index is 0.00000249. The van der Waals surface area contributed by atoms with Crippen LogP contribution >= 0.6 is 0 Å². The summed E-state index contributed by atoms with van der Waals surface area (Å²) in [6.07, 6.45) is 43.3. The van der Waals surface area contributed by atoms with Gasteiger partial charge >= 0.3 is 39.1 Å². The SMILES string of the molecule is CC=CCCCc1ccccc1C1=C(CCCCCCCC)C(CCCC)=C(c2ccccc2CCC#CCCCCCCCCCCCCCCCCC)[N+]1=[N-].C[CH2][Ni][CH2]C. The summed E-state index contributed by atoms with van der Waals surface area (Å²) in [7, 11) is 0. The van der Waals surface area contributed by atoms with Gasteiger partial charge in [0, 0.05) is 35.1 Å². The maximum atomic E-state index is 12.4. The van der Waals surface area contributed by atoms with E-state index in [4.69, 9.17) is 0 Å². The normalized spacial score (nSPS) is 12.7. The number of benzene rings is 2. The van der Waals surface area contributed by atoms with Crippen LogP contribution in [0, 0.1) is 11.8 Å². The third kappa shape index (κ3) is 23.3. The van der Waals surface area contributed by atoms with Gasteiger partial charge in [-0.1, -0.05) is 198 Å². The molecule has 0 radical (unpaired) electrons. The van der Waals surface area contributed by atoms with E-state index < -0.39 is 0 Å². The molecule has 0 atom stereocenters. The Morgan fingerprint density at radius 2 is 0.887 bits per heavy atom. The van der Waals surface area contributed by atoms with Crippen molar-refractivity contribution in [2.75, 3.05) is 0 Å². The summed E-state index contributed by atoms with van der Waals surface area (Å²) < 4.78 is 1.61. The average Bonchev–Trinajstić information content (AvgIpc) is 3.56. The molecule has 1 aliphatic heterocycles. The van der Waals surface area contributed by atoms with Gasteiger partial charge in [-0.2, -0.15) is 0 Å². The van der Waals surface area contributed by atoms with E-state index >= 15 is 0 Å². The van der Waals surface area contributed by atoms with E-state index in [0.717, 1.165) is 75.6 Å². The van der Waals surface area contributed by atoms with E-state index in [-0.39, 0.29) is 0 Å². The molecule has 350 valence electrons. The van der Waals surface area contributed by atoms with Crippen molar-refractivity contribution in [3.63, 3.8) is 0 Å². The van der Waals surface area contributed by atoms with E-state index in [1.165, 1.54) is 179 Å². The second-order valence-electron chi connectivity index (χ2n) is 17.5. The Labute approximate surface area is 391 Å². The van der Waals surface area contributed by atoms with Gasteiger partial charge in [0.25, 0.3) is 0 Å². The standard InChI is InChI=1S/C55H84N2.2C2H5.Ni/c1-5-9-13-16-18-19-20-21-22-23-24-25-26-27-28-29-30-31-34-41-49-43-37-38-45-50(49)54-52(44-12-8-4)53(47-35-32-17-14-10-6-2)55(57(54)56)51-46-39-36-42-48(51)40-33-15-11-7-3;2*1-2;/h7,11,36-39,42-43,45-46H,5-6,8-10,12-29,32-35,40-41,44,47H2,1-4H3;2*1H2,2H3;. The summed E-state index contributed by atoms with van der Waals surface area (Å²) in [6.45, 7) is 13.4. The molecule has 0 bridgehead atoms. The first-order chi connectivity index (χ1) is 30.6. The Morgan fingerprint density at radius 3 is 1.35 bits per heavy atom. The number of nitrogens with zero attached hydrogens (tertiary/aromatic N) is 2. The van der Waals surface area contributed by atoms with Crippen LogP contribution in [-0.4, -0.2) is 4.70 Å². The molecule has 1 aliphatic rings. The summed E-state index contributed by atoms with van der Waals surface area (Å²) in [5.74, 6) is 7.04. The van der Waals surface area contributed by atoms with Gasteiger partial charge in [0.2, 0.25) is 11.4 Å². The van der Waals surface area contributed by atoms with Crippen molar-refractivity contribution in [2.45, 2.75) is 251 Å². The molecule has 0 unspecified atom stereocenters. The van der Waals surface area contributed by atoms with Gasteiger partial charge in [0.05, 0.1) is 0 Å². The van der Waals surface area contributed by atoms with E-state index in [9.17, 15) is 5.53 Å². The summed E-state index contributed by atoms with van der Waals surface area (Å²) in [6, 6.07) is 17.7. The average molecular weight is 890 g/mol. The van der Waals surface area contributed by atoms with Gasteiger partial charge in [-0.3, -0.25) is 0 Å². The van der Waals surface area contributed by atoms with Crippen molar-refractivity contribution < 1.29 is 19.1 Å². The summed E-state index contributed by atoms with van der Waals surface area (Å²) in [5.41, 5.74) is 22.2. The summed E-state index contributed by atoms with van der Waals surface area (Å²) in [4.78, 5) is 0. The van der Waals surface area contributed by atoms with Crippen LogP contribution in [0.25, 0.3) is 16.9 Å². The molecule has 0 spiro atoms. The van der Waals surface area contributed by atoms with Crippen molar-refractivity contribution in [1.82, 2.24) is 0 Å². The van der Waals surface area contributed by atoms with Crippen LogP contribution in [-0.2, 0) is 27.3 Å². The van der Waals surface area contributed by atoms with Gasteiger partial charge in [0.15, 0.2) is 0 Å². The second kappa shape index (κ2) is 38.7. The topological polar surface area (TPSA) is 25.3 Å². The molecular weight excluding hydrogens is 795 g/mol. The fourth-order valence-electron chi connectivity index (χ4n) is 8.81. The van der Waals surface area contributed by atoms with E-state index in [1.54, 1.807) is 4.70 Å². The first kappa shape index (κ1) is 55.4. The number of allylic oxidation sites excluding steroid dienone is 4. The third-order valence-electron chi connectivity index (χ3n) is 12.4. The Morgan fingerprint density at radius 1 is 0.468 bits per heavy atom. The molecule has 0 aromatic heterocycles. The zero-order chi connectivity index (χ0) is 44.7. The van der Waals surface area contributed by atoms with Crippen LogP contribution in [0.15, 0.2) is 71.8 Å². The minimum atomic E-state index is 0.860. The predicted octanol–water partition coefficient (Wildman–Crippen LogP) is 19.8. The third-order valence-corrected chi connectivity index (χ3v) is 13.4. The molecule has 3 rings (SSSR count). The fourth-order valence-corrected chi connectivity index (χ4v) is 9.31. The van der Waals surface area contributed by atoms with Crippen LogP contribution in [0.4, 0.5) is 0 Å². The van der Waals surface area contributed by atoms with Gasteiger partial charge in [-0.05, 0) is 88.0 Å². The van der Waals surface area contributed by atoms with Crippen LogP contribution in [0.2, 0.25) is 10.8 Å². The van der Waals surface area contributed by atoms with E-state index in [2.05, 4.69) is 114 Å². The number of aryl methyl sites for hydroxylation is 2. The van der Waals surface area contributed by atoms with E-state index in [1.807, 2.05) is 14.4 Å². The summed E-state index contributed by atoms with van der Waals surface area (Å²) in [5, 5.41) is 2.56. The molecular formula is C59H94N2Ni. The Hall–Kier alpha value is -2.69. The summed E-state index contributed by atoms with van der Waals surface area (Å²) >= 11 is 1.82. The first-order valence-electron chi connectivity index (χ1n) is 26.2. The van der Waals surface area contributed by atoms with Crippen LogP contribution in [0.3, 0.4) is 0 Å². The van der Waals surface area contributed by atoms with Crippen LogP contribution < -0.4 is 0 Å². The van der Waals surface area contributed by atoms with E-state index in [0.29, 0.717) is 0 Å². The van der Waals surface area contributed by atoms with Gasteiger partial charge < -0.3 is 5.53 Å². The molecule has 1 heterocycles. The number of hydrogen-bond donors (Lipinski definition) is 0. The second-order valence-corrected chi connectivity index (χ2v) is 19.4. The molecule has 0 saturated carbocycles. The Kier molecular flexibility index (Phi) is 34.6. The van der Waals surface area contributed by atoms with Gasteiger partial charge in [-0.15, -0.1) is 11.8 Å². The molecule has 3 heteroatoms. The molecule has 0 saturated heterocycles. The van der Waals surface area contributed by atoms with Crippen LogP contribution in [0.1, 0.15) is 250 Å². The first-order valence-corrected chi connectivity index (χ1v) is 27.6. The quantitative estimate of drug-likeness (QED) is 0.0217. The van der Waals surface area contributed by atoms with Gasteiger partial charge in [-0.25, -0.2) is 4.70 Å². The molecule has 0 fully saturated rings.